The zero-order valence-corrected chi connectivity index (χ0v) is 8.18. The lowest BCUT2D eigenvalue weighted by Crippen LogP contribution is -2.30. The highest BCUT2D eigenvalue weighted by Crippen LogP contribution is 2.23. The molecule has 1 aliphatic heterocycles. The molecule has 0 unspecified atom stereocenters. The average Bonchev–Trinajstić information content (AvgIpc) is 2.63. The first-order valence-corrected chi connectivity index (χ1v) is 5.14. The van der Waals surface area contributed by atoms with Crippen molar-refractivity contribution in [1.82, 2.24) is 9.88 Å². The van der Waals surface area contributed by atoms with Crippen molar-refractivity contribution in [1.29, 1.82) is 0 Å². The predicted molar refractivity (Wildman–Crippen MR) is 52.5 cm³/mol. The Labute approximate surface area is 81.3 Å². The fourth-order valence-corrected chi connectivity index (χ4v) is 2.32. The quantitative estimate of drug-likeness (QED) is 0.767. The molecule has 0 bridgehead atoms. The highest BCUT2D eigenvalue weighted by Gasteiger charge is 2.18. The van der Waals surface area contributed by atoms with Gasteiger partial charge >= 0.3 is 0 Å². The fraction of sp³-hybridized carbons (Fsp3) is 0.444. The molecule has 0 aromatic carbocycles. The molecule has 0 spiro atoms. The van der Waals surface area contributed by atoms with Gasteiger partial charge in [-0.3, -0.25) is 0 Å². The van der Waals surface area contributed by atoms with Gasteiger partial charge in [0.05, 0.1) is 24.4 Å². The number of thiazole rings is 1. The summed E-state index contributed by atoms with van der Waals surface area (Å²) in [7, 11) is 0. The van der Waals surface area contributed by atoms with E-state index in [9.17, 15) is 0 Å². The molecule has 2 rings (SSSR count). The van der Waals surface area contributed by atoms with Crippen molar-refractivity contribution in [2.45, 2.75) is 13.0 Å². The smallest absolute Gasteiger partial charge is 0.0823 e. The van der Waals surface area contributed by atoms with Crippen LogP contribution in [0.25, 0.3) is 0 Å². The summed E-state index contributed by atoms with van der Waals surface area (Å²) in [5, 5.41) is 8.93. The third-order valence-electron chi connectivity index (χ3n) is 2.31. The minimum absolute atomic E-state index is 0.0497. The molecule has 2 heterocycles. The monoisotopic (exact) mass is 196 g/mol. The van der Waals surface area contributed by atoms with Gasteiger partial charge in [-0.2, -0.15) is 0 Å². The van der Waals surface area contributed by atoms with Gasteiger partial charge in [-0.25, -0.2) is 4.98 Å². The van der Waals surface area contributed by atoms with Gasteiger partial charge in [0.1, 0.15) is 0 Å². The van der Waals surface area contributed by atoms with Crippen molar-refractivity contribution >= 4 is 11.3 Å². The molecule has 0 saturated heterocycles. The van der Waals surface area contributed by atoms with Crippen LogP contribution in [0.15, 0.2) is 17.8 Å². The van der Waals surface area contributed by atoms with Crippen LogP contribution >= 0.6 is 11.3 Å². The first kappa shape index (κ1) is 8.72. The summed E-state index contributed by atoms with van der Waals surface area (Å²) >= 11 is 1.68. The summed E-state index contributed by atoms with van der Waals surface area (Å²) in [5.74, 6) is 0. The zero-order valence-electron chi connectivity index (χ0n) is 7.36. The molecule has 1 aliphatic rings. The summed E-state index contributed by atoms with van der Waals surface area (Å²) in [6.07, 6.45) is 0.970. The Bertz CT molecular complexity index is 321. The van der Waals surface area contributed by atoms with Crippen LogP contribution in [0.3, 0.4) is 0 Å². The molecular formula is C9H12N2OS. The van der Waals surface area contributed by atoms with E-state index in [4.69, 9.17) is 5.11 Å². The summed E-state index contributed by atoms with van der Waals surface area (Å²) in [5.41, 5.74) is 3.90. The van der Waals surface area contributed by atoms with E-state index < -0.39 is 0 Å². The second kappa shape index (κ2) is 3.47. The van der Waals surface area contributed by atoms with E-state index in [0.717, 1.165) is 25.2 Å². The Balaban J connectivity index is 2.13. The molecule has 1 N–H and O–H groups in total. The van der Waals surface area contributed by atoms with Crippen LogP contribution in [-0.4, -0.2) is 28.1 Å². The SMILES string of the molecule is C=C(CO)N1CCc2ncsc2C1. The Morgan fingerprint density at radius 3 is 3.38 bits per heavy atom. The van der Waals surface area contributed by atoms with Crippen LogP contribution in [0.2, 0.25) is 0 Å². The van der Waals surface area contributed by atoms with E-state index in [1.54, 1.807) is 11.3 Å². The molecule has 1 aromatic rings. The molecule has 70 valence electrons. The van der Waals surface area contributed by atoms with E-state index >= 15 is 0 Å². The van der Waals surface area contributed by atoms with Crippen LogP contribution in [0.1, 0.15) is 10.6 Å². The van der Waals surface area contributed by atoms with Crippen molar-refractivity contribution < 1.29 is 5.11 Å². The second-order valence-electron chi connectivity index (χ2n) is 3.12. The van der Waals surface area contributed by atoms with Gasteiger partial charge in [0.2, 0.25) is 0 Å². The van der Waals surface area contributed by atoms with Gasteiger partial charge in [-0.1, -0.05) is 6.58 Å². The van der Waals surface area contributed by atoms with Crippen LogP contribution in [0.5, 0.6) is 0 Å². The summed E-state index contributed by atoms with van der Waals surface area (Å²) < 4.78 is 0. The first-order chi connectivity index (χ1) is 6.31. The van der Waals surface area contributed by atoms with Crippen LogP contribution in [0.4, 0.5) is 0 Å². The van der Waals surface area contributed by atoms with Crippen molar-refractivity contribution in [2.24, 2.45) is 0 Å². The number of aliphatic hydroxyl groups excluding tert-OH is 1. The van der Waals surface area contributed by atoms with E-state index in [1.165, 1.54) is 10.6 Å². The Morgan fingerprint density at radius 2 is 2.62 bits per heavy atom. The van der Waals surface area contributed by atoms with Crippen molar-refractivity contribution in [3.05, 3.63) is 28.4 Å². The summed E-state index contributed by atoms with van der Waals surface area (Å²) in [6.45, 7) is 5.65. The molecule has 0 radical (unpaired) electrons. The minimum atomic E-state index is 0.0497. The minimum Gasteiger partial charge on any atom is -0.390 e. The third-order valence-corrected chi connectivity index (χ3v) is 3.17. The number of fused-ring (bicyclic) bond motifs is 1. The molecule has 3 nitrogen and oxygen atoms in total. The van der Waals surface area contributed by atoms with Crippen LogP contribution < -0.4 is 0 Å². The lowest BCUT2D eigenvalue weighted by atomic mass is 10.1. The number of hydrogen-bond donors (Lipinski definition) is 1. The Kier molecular flexibility index (Phi) is 2.33. The van der Waals surface area contributed by atoms with Crippen molar-refractivity contribution in [2.75, 3.05) is 13.2 Å². The Morgan fingerprint density at radius 1 is 1.77 bits per heavy atom. The number of rotatable bonds is 2. The molecular weight excluding hydrogens is 184 g/mol. The molecule has 0 saturated carbocycles. The maximum atomic E-state index is 8.93. The van der Waals surface area contributed by atoms with Gasteiger partial charge in [-0.05, 0) is 0 Å². The second-order valence-corrected chi connectivity index (χ2v) is 4.06. The van der Waals surface area contributed by atoms with Gasteiger partial charge in [0, 0.05) is 23.5 Å². The number of aliphatic hydroxyl groups is 1. The first-order valence-electron chi connectivity index (χ1n) is 4.26. The number of aromatic nitrogens is 1. The van der Waals surface area contributed by atoms with Gasteiger partial charge in [0.15, 0.2) is 0 Å². The highest BCUT2D eigenvalue weighted by atomic mass is 32.1. The average molecular weight is 196 g/mol. The predicted octanol–water partition coefficient (Wildman–Crippen LogP) is 1.01. The fourth-order valence-electron chi connectivity index (χ4n) is 1.49. The van der Waals surface area contributed by atoms with E-state index in [2.05, 4.69) is 16.5 Å². The number of hydrogen-bond acceptors (Lipinski definition) is 4. The number of nitrogens with zero attached hydrogens (tertiary/aromatic N) is 2. The lowest BCUT2D eigenvalue weighted by molar-refractivity contribution is 0.242. The largest absolute Gasteiger partial charge is 0.390 e. The Hall–Kier alpha value is -0.870. The molecule has 13 heavy (non-hydrogen) atoms. The molecule has 1 aromatic heterocycles. The van der Waals surface area contributed by atoms with E-state index in [1.807, 2.05) is 5.51 Å². The van der Waals surface area contributed by atoms with E-state index in [0.29, 0.717) is 0 Å². The topological polar surface area (TPSA) is 36.4 Å². The van der Waals surface area contributed by atoms with E-state index in [-0.39, 0.29) is 6.61 Å². The molecule has 0 aliphatic carbocycles. The van der Waals surface area contributed by atoms with Crippen LogP contribution in [0, 0.1) is 0 Å². The molecule has 0 atom stereocenters. The van der Waals surface area contributed by atoms with Gasteiger partial charge in [0.25, 0.3) is 0 Å². The van der Waals surface area contributed by atoms with Crippen LogP contribution in [-0.2, 0) is 13.0 Å². The maximum Gasteiger partial charge on any atom is 0.0823 e. The van der Waals surface area contributed by atoms with Gasteiger partial charge in [-0.15, -0.1) is 11.3 Å². The summed E-state index contributed by atoms with van der Waals surface area (Å²) in [6, 6.07) is 0. The van der Waals surface area contributed by atoms with Crippen molar-refractivity contribution in [3.8, 4) is 0 Å². The molecule has 0 amide bonds. The summed E-state index contributed by atoms with van der Waals surface area (Å²) in [4.78, 5) is 7.69. The highest BCUT2D eigenvalue weighted by molar-refractivity contribution is 7.09. The normalized spacial score (nSPS) is 15.6. The molecule has 4 heteroatoms. The lowest BCUT2D eigenvalue weighted by Gasteiger charge is -2.28. The zero-order chi connectivity index (χ0) is 9.26. The maximum absolute atomic E-state index is 8.93. The van der Waals surface area contributed by atoms with Crippen molar-refractivity contribution in [3.63, 3.8) is 0 Å². The third kappa shape index (κ3) is 1.59. The standard InChI is InChI=1S/C9H12N2OS/c1-7(5-12)11-3-2-8-9(4-11)13-6-10-8/h6,12H,1-5H2. The van der Waals surface area contributed by atoms with Gasteiger partial charge < -0.3 is 10.0 Å². The molecule has 0 fully saturated rings.